The first-order chi connectivity index (χ1) is 8.24. The van der Waals surface area contributed by atoms with Gasteiger partial charge in [-0.25, -0.2) is 0 Å². The Morgan fingerprint density at radius 1 is 1.18 bits per heavy atom. The van der Waals surface area contributed by atoms with E-state index in [1.807, 2.05) is 0 Å². The van der Waals surface area contributed by atoms with Crippen molar-refractivity contribution in [2.24, 2.45) is 11.8 Å². The van der Waals surface area contributed by atoms with E-state index in [0.29, 0.717) is 5.92 Å². The number of benzene rings is 1. The highest BCUT2D eigenvalue weighted by Gasteiger charge is 2.29. The third-order valence-electron chi connectivity index (χ3n) is 4.34. The number of aliphatic hydroxyl groups is 1. The second kappa shape index (κ2) is 5.68. The first kappa shape index (κ1) is 12.6. The first-order valence-electron chi connectivity index (χ1n) is 7.01. The molecule has 1 N–H and O–H groups in total. The molecule has 3 unspecified atom stereocenters. The van der Waals surface area contributed by atoms with Gasteiger partial charge in [-0.2, -0.15) is 0 Å². The molecule has 0 aromatic heterocycles. The van der Waals surface area contributed by atoms with Gasteiger partial charge in [-0.05, 0) is 42.2 Å². The van der Waals surface area contributed by atoms with Crippen molar-refractivity contribution in [3.63, 3.8) is 0 Å². The number of hydrogen-bond acceptors (Lipinski definition) is 1. The predicted octanol–water partition coefficient (Wildman–Crippen LogP) is 4.11. The summed E-state index contributed by atoms with van der Waals surface area (Å²) in [6, 6.07) is 8.49. The smallest absolute Gasteiger partial charge is 0.0818 e. The fourth-order valence-electron chi connectivity index (χ4n) is 2.99. The van der Waals surface area contributed by atoms with Gasteiger partial charge in [-0.1, -0.05) is 51.0 Å². The predicted molar refractivity (Wildman–Crippen MR) is 71.9 cm³/mol. The van der Waals surface area contributed by atoms with Crippen LogP contribution in [0.1, 0.15) is 56.8 Å². The summed E-state index contributed by atoms with van der Waals surface area (Å²) in [5.74, 6) is 1.32. The summed E-state index contributed by atoms with van der Waals surface area (Å²) in [5.41, 5.74) is 2.45. The van der Waals surface area contributed by atoms with Gasteiger partial charge in [0.05, 0.1) is 6.10 Å². The lowest BCUT2D eigenvalue weighted by molar-refractivity contribution is 0.109. The first-order valence-corrected chi connectivity index (χ1v) is 7.01. The third kappa shape index (κ3) is 2.90. The minimum atomic E-state index is -0.252. The van der Waals surface area contributed by atoms with E-state index in [2.05, 4.69) is 38.1 Å². The number of hydrogen-bond donors (Lipinski definition) is 1. The molecule has 1 aliphatic carbocycles. The zero-order chi connectivity index (χ0) is 12.3. The molecular weight excluding hydrogens is 208 g/mol. The second-order valence-corrected chi connectivity index (χ2v) is 5.39. The molecule has 2 rings (SSSR count). The number of rotatable bonds is 4. The standard InChI is InChI=1S/C16H24O/c1-3-12-5-8-14(9-6-12)16(17)15-10-7-13(4-2)11-15/h5-6,8-9,13,15-17H,3-4,7,10-11H2,1-2H3. The summed E-state index contributed by atoms with van der Waals surface area (Å²) in [7, 11) is 0. The molecule has 1 aromatic carbocycles. The van der Waals surface area contributed by atoms with E-state index < -0.39 is 0 Å². The summed E-state index contributed by atoms with van der Waals surface area (Å²) in [5, 5.41) is 10.4. The molecule has 3 atom stereocenters. The quantitative estimate of drug-likeness (QED) is 0.828. The van der Waals surface area contributed by atoms with Crippen molar-refractivity contribution in [1.29, 1.82) is 0 Å². The van der Waals surface area contributed by atoms with Crippen molar-refractivity contribution < 1.29 is 5.11 Å². The van der Waals surface area contributed by atoms with Crippen molar-refractivity contribution in [3.8, 4) is 0 Å². The Hall–Kier alpha value is -0.820. The van der Waals surface area contributed by atoms with Crippen molar-refractivity contribution >= 4 is 0 Å². The largest absolute Gasteiger partial charge is 0.388 e. The van der Waals surface area contributed by atoms with E-state index in [1.165, 1.54) is 31.2 Å². The van der Waals surface area contributed by atoms with Gasteiger partial charge in [0.25, 0.3) is 0 Å². The van der Waals surface area contributed by atoms with E-state index >= 15 is 0 Å². The normalized spacial score (nSPS) is 26.1. The molecule has 17 heavy (non-hydrogen) atoms. The molecule has 0 amide bonds. The van der Waals surface area contributed by atoms with Crippen molar-refractivity contribution in [3.05, 3.63) is 35.4 Å². The summed E-state index contributed by atoms with van der Waals surface area (Å²) >= 11 is 0. The third-order valence-corrected chi connectivity index (χ3v) is 4.34. The maximum atomic E-state index is 10.4. The van der Waals surface area contributed by atoms with Crippen LogP contribution in [0.5, 0.6) is 0 Å². The van der Waals surface area contributed by atoms with Crippen LogP contribution in [0, 0.1) is 11.8 Å². The average molecular weight is 232 g/mol. The minimum Gasteiger partial charge on any atom is -0.388 e. The van der Waals surface area contributed by atoms with Gasteiger partial charge in [0.15, 0.2) is 0 Å². The van der Waals surface area contributed by atoms with Gasteiger partial charge < -0.3 is 5.11 Å². The second-order valence-electron chi connectivity index (χ2n) is 5.39. The Morgan fingerprint density at radius 3 is 2.41 bits per heavy atom. The fraction of sp³-hybridized carbons (Fsp3) is 0.625. The molecule has 1 fully saturated rings. The maximum absolute atomic E-state index is 10.4. The lowest BCUT2D eigenvalue weighted by Crippen LogP contribution is -2.09. The Labute approximate surface area is 105 Å². The molecule has 1 heteroatoms. The van der Waals surface area contributed by atoms with E-state index in [-0.39, 0.29) is 6.10 Å². The monoisotopic (exact) mass is 232 g/mol. The zero-order valence-electron chi connectivity index (χ0n) is 11.0. The van der Waals surface area contributed by atoms with E-state index in [4.69, 9.17) is 0 Å². The molecule has 1 aromatic rings. The van der Waals surface area contributed by atoms with Crippen LogP contribution in [0.25, 0.3) is 0 Å². The van der Waals surface area contributed by atoms with Gasteiger partial charge in [0.2, 0.25) is 0 Å². The summed E-state index contributed by atoms with van der Waals surface area (Å²) < 4.78 is 0. The highest BCUT2D eigenvalue weighted by atomic mass is 16.3. The molecule has 0 aliphatic heterocycles. The van der Waals surface area contributed by atoms with Gasteiger partial charge in [-0.3, -0.25) is 0 Å². The van der Waals surface area contributed by atoms with Crippen LogP contribution in [-0.2, 0) is 6.42 Å². The van der Waals surface area contributed by atoms with Gasteiger partial charge in [-0.15, -0.1) is 0 Å². The molecule has 0 saturated heterocycles. The molecule has 0 bridgehead atoms. The molecule has 0 heterocycles. The minimum absolute atomic E-state index is 0.252. The van der Waals surface area contributed by atoms with Crippen LogP contribution in [0.2, 0.25) is 0 Å². The van der Waals surface area contributed by atoms with Crippen LogP contribution in [0.4, 0.5) is 0 Å². The molecule has 94 valence electrons. The fourth-order valence-corrected chi connectivity index (χ4v) is 2.99. The maximum Gasteiger partial charge on any atom is 0.0818 e. The number of aliphatic hydroxyl groups excluding tert-OH is 1. The van der Waals surface area contributed by atoms with E-state index in [1.54, 1.807) is 0 Å². The molecule has 1 nitrogen and oxygen atoms in total. The zero-order valence-corrected chi connectivity index (χ0v) is 11.0. The highest BCUT2D eigenvalue weighted by molar-refractivity contribution is 5.24. The Morgan fingerprint density at radius 2 is 1.88 bits per heavy atom. The van der Waals surface area contributed by atoms with E-state index in [9.17, 15) is 5.11 Å². The molecule has 0 radical (unpaired) electrons. The summed E-state index contributed by atoms with van der Waals surface area (Å²) in [6.45, 7) is 4.42. The highest BCUT2D eigenvalue weighted by Crippen LogP contribution is 2.40. The van der Waals surface area contributed by atoms with Gasteiger partial charge in [0.1, 0.15) is 0 Å². The van der Waals surface area contributed by atoms with Gasteiger partial charge >= 0.3 is 0 Å². The van der Waals surface area contributed by atoms with Crippen LogP contribution in [0.3, 0.4) is 0 Å². The van der Waals surface area contributed by atoms with Crippen molar-refractivity contribution in [2.75, 3.05) is 0 Å². The van der Waals surface area contributed by atoms with E-state index in [0.717, 1.165) is 17.9 Å². The van der Waals surface area contributed by atoms with Crippen LogP contribution < -0.4 is 0 Å². The summed E-state index contributed by atoms with van der Waals surface area (Å²) in [4.78, 5) is 0. The lowest BCUT2D eigenvalue weighted by atomic mass is 9.92. The van der Waals surface area contributed by atoms with Crippen LogP contribution >= 0.6 is 0 Å². The number of aryl methyl sites for hydroxylation is 1. The lowest BCUT2D eigenvalue weighted by Gasteiger charge is -2.19. The molecule has 1 saturated carbocycles. The molecule has 1 aliphatic rings. The molecular formula is C16H24O. The van der Waals surface area contributed by atoms with Crippen LogP contribution in [-0.4, -0.2) is 5.11 Å². The van der Waals surface area contributed by atoms with Gasteiger partial charge in [0, 0.05) is 0 Å². The topological polar surface area (TPSA) is 20.2 Å². The van der Waals surface area contributed by atoms with Crippen molar-refractivity contribution in [2.45, 2.75) is 52.1 Å². The SMILES string of the molecule is CCc1ccc(C(O)C2CCC(CC)C2)cc1. The molecule has 0 spiro atoms. The average Bonchev–Trinajstić information content (AvgIpc) is 2.87. The Bertz CT molecular complexity index is 341. The Balaban J connectivity index is 2.01. The van der Waals surface area contributed by atoms with Crippen molar-refractivity contribution in [1.82, 2.24) is 0 Å². The Kier molecular flexibility index (Phi) is 4.22. The van der Waals surface area contributed by atoms with Crippen LogP contribution in [0.15, 0.2) is 24.3 Å². The summed E-state index contributed by atoms with van der Waals surface area (Å²) in [6.07, 6.45) is 5.76.